The summed E-state index contributed by atoms with van der Waals surface area (Å²) in [6.07, 6.45) is 1.01. The molecule has 0 aliphatic carbocycles. The monoisotopic (exact) mass is 211 g/mol. The van der Waals surface area contributed by atoms with Gasteiger partial charge in [0.1, 0.15) is 5.88 Å². The minimum atomic E-state index is -0.171. The van der Waals surface area contributed by atoms with Crippen LogP contribution in [0.1, 0.15) is 18.1 Å². The molecule has 76 valence electrons. The van der Waals surface area contributed by atoms with Crippen LogP contribution in [0.5, 0.6) is 0 Å². The zero-order chi connectivity index (χ0) is 10.6. The molecule has 14 heavy (non-hydrogen) atoms. The molecule has 0 fully saturated rings. The molecule has 1 N–H and O–H groups in total. The number of nitrogens with one attached hydrogen (secondary N) is 1. The maximum absolute atomic E-state index is 11.0. The Morgan fingerprint density at radius 1 is 1.50 bits per heavy atom. The summed E-state index contributed by atoms with van der Waals surface area (Å²) in [6, 6.07) is 5.89. The van der Waals surface area contributed by atoms with E-state index in [1.807, 2.05) is 25.1 Å². The molecule has 0 saturated heterocycles. The van der Waals surface area contributed by atoms with Crippen molar-refractivity contribution in [1.29, 1.82) is 0 Å². The van der Waals surface area contributed by atoms with Gasteiger partial charge < -0.3 is 5.32 Å². The van der Waals surface area contributed by atoms with Gasteiger partial charge in [0.2, 0.25) is 5.91 Å². The van der Waals surface area contributed by atoms with Gasteiger partial charge in [-0.3, -0.25) is 4.79 Å². The Balaban J connectivity index is 2.81. The summed E-state index contributed by atoms with van der Waals surface area (Å²) in [4.78, 5) is 11.0. The number of hydrogen-bond acceptors (Lipinski definition) is 1. The van der Waals surface area contributed by atoms with Crippen molar-refractivity contribution in [2.45, 2.75) is 20.3 Å². The van der Waals surface area contributed by atoms with Crippen molar-refractivity contribution in [1.82, 2.24) is 0 Å². The first-order chi connectivity index (χ1) is 6.67. The standard InChI is InChI=1S/C11H14ClNO/c1-3-9-4-5-10(6-8(9)2)13-11(14)7-12/h4-6H,3,7H2,1-2H3,(H,13,14). The summed E-state index contributed by atoms with van der Waals surface area (Å²) >= 11 is 5.39. The summed E-state index contributed by atoms with van der Waals surface area (Å²) < 4.78 is 0. The van der Waals surface area contributed by atoms with E-state index in [2.05, 4.69) is 12.2 Å². The lowest BCUT2D eigenvalue weighted by molar-refractivity contribution is -0.113. The van der Waals surface area contributed by atoms with Crippen molar-refractivity contribution < 1.29 is 4.79 Å². The summed E-state index contributed by atoms with van der Waals surface area (Å²) in [7, 11) is 0. The molecule has 1 aromatic carbocycles. The van der Waals surface area contributed by atoms with Gasteiger partial charge in [-0.2, -0.15) is 0 Å². The van der Waals surface area contributed by atoms with Crippen molar-refractivity contribution in [3.63, 3.8) is 0 Å². The molecular weight excluding hydrogens is 198 g/mol. The fourth-order valence-electron chi connectivity index (χ4n) is 1.36. The Labute approximate surface area is 89.3 Å². The number of aryl methyl sites for hydroxylation is 2. The molecule has 1 amide bonds. The number of benzene rings is 1. The second-order valence-electron chi connectivity index (χ2n) is 3.18. The molecule has 3 heteroatoms. The first-order valence-corrected chi connectivity index (χ1v) is 5.16. The summed E-state index contributed by atoms with van der Waals surface area (Å²) in [5, 5.41) is 2.71. The summed E-state index contributed by atoms with van der Waals surface area (Å²) in [5.41, 5.74) is 3.30. The molecule has 2 nitrogen and oxygen atoms in total. The fourth-order valence-corrected chi connectivity index (χ4v) is 1.43. The molecule has 1 aromatic rings. The van der Waals surface area contributed by atoms with E-state index in [9.17, 15) is 4.79 Å². The molecule has 0 bridgehead atoms. The van der Waals surface area contributed by atoms with Gasteiger partial charge >= 0.3 is 0 Å². The van der Waals surface area contributed by atoms with Crippen LogP contribution in [0.2, 0.25) is 0 Å². The van der Waals surface area contributed by atoms with E-state index in [1.54, 1.807) is 0 Å². The smallest absolute Gasteiger partial charge is 0.239 e. The maximum Gasteiger partial charge on any atom is 0.239 e. The van der Waals surface area contributed by atoms with Gasteiger partial charge in [-0.1, -0.05) is 13.0 Å². The van der Waals surface area contributed by atoms with Crippen LogP contribution >= 0.6 is 11.6 Å². The molecule has 1 rings (SSSR count). The average Bonchev–Trinajstić information content (AvgIpc) is 2.18. The van der Waals surface area contributed by atoms with Crippen LogP contribution in [0.25, 0.3) is 0 Å². The number of amides is 1. The highest BCUT2D eigenvalue weighted by atomic mass is 35.5. The van der Waals surface area contributed by atoms with Gasteiger partial charge in [0.05, 0.1) is 0 Å². The second-order valence-corrected chi connectivity index (χ2v) is 3.44. The SMILES string of the molecule is CCc1ccc(NC(=O)CCl)cc1C. The molecule has 0 atom stereocenters. The minimum absolute atomic E-state index is 0.00538. The van der Waals surface area contributed by atoms with Crippen LogP contribution in [0, 0.1) is 6.92 Å². The number of carbonyl (C=O) groups is 1. The number of carbonyl (C=O) groups excluding carboxylic acids is 1. The first kappa shape index (κ1) is 11.1. The molecule has 0 radical (unpaired) electrons. The lowest BCUT2D eigenvalue weighted by atomic mass is 10.1. The van der Waals surface area contributed by atoms with Crippen molar-refractivity contribution in [3.8, 4) is 0 Å². The quantitative estimate of drug-likeness (QED) is 0.766. The van der Waals surface area contributed by atoms with Crippen LogP contribution in [-0.2, 0) is 11.2 Å². The molecule has 0 aliphatic heterocycles. The Bertz CT molecular complexity index is 336. The number of anilines is 1. The third-order valence-electron chi connectivity index (χ3n) is 2.13. The largest absolute Gasteiger partial charge is 0.325 e. The minimum Gasteiger partial charge on any atom is -0.325 e. The van der Waals surface area contributed by atoms with E-state index in [4.69, 9.17) is 11.6 Å². The van der Waals surface area contributed by atoms with E-state index in [-0.39, 0.29) is 11.8 Å². The van der Waals surface area contributed by atoms with E-state index in [0.29, 0.717) is 0 Å². The van der Waals surface area contributed by atoms with Gasteiger partial charge in [-0.05, 0) is 36.6 Å². The highest BCUT2D eigenvalue weighted by molar-refractivity contribution is 6.29. The van der Waals surface area contributed by atoms with Crippen LogP contribution in [0.3, 0.4) is 0 Å². The Morgan fingerprint density at radius 2 is 2.21 bits per heavy atom. The third kappa shape index (κ3) is 2.74. The van der Waals surface area contributed by atoms with Gasteiger partial charge in [0.15, 0.2) is 0 Å². The van der Waals surface area contributed by atoms with Crippen molar-refractivity contribution in [2.75, 3.05) is 11.2 Å². The van der Waals surface area contributed by atoms with Gasteiger partial charge in [0.25, 0.3) is 0 Å². The topological polar surface area (TPSA) is 29.1 Å². The molecule has 0 aromatic heterocycles. The van der Waals surface area contributed by atoms with Crippen molar-refractivity contribution in [2.24, 2.45) is 0 Å². The Hall–Kier alpha value is -1.02. The first-order valence-electron chi connectivity index (χ1n) is 4.62. The Morgan fingerprint density at radius 3 is 2.71 bits per heavy atom. The van der Waals surface area contributed by atoms with E-state index in [1.165, 1.54) is 11.1 Å². The van der Waals surface area contributed by atoms with Crippen LogP contribution in [0.15, 0.2) is 18.2 Å². The van der Waals surface area contributed by atoms with Crippen molar-refractivity contribution in [3.05, 3.63) is 29.3 Å². The van der Waals surface area contributed by atoms with Crippen molar-refractivity contribution >= 4 is 23.2 Å². The zero-order valence-corrected chi connectivity index (χ0v) is 9.19. The summed E-state index contributed by atoms with van der Waals surface area (Å²) in [5.74, 6) is -0.176. The number of alkyl halides is 1. The molecular formula is C11H14ClNO. The summed E-state index contributed by atoms with van der Waals surface area (Å²) in [6.45, 7) is 4.15. The molecule has 0 aliphatic rings. The van der Waals surface area contributed by atoms with Crippen LogP contribution in [0.4, 0.5) is 5.69 Å². The van der Waals surface area contributed by atoms with Gasteiger partial charge in [-0.15, -0.1) is 11.6 Å². The van der Waals surface area contributed by atoms with Crippen LogP contribution < -0.4 is 5.32 Å². The maximum atomic E-state index is 11.0. The van der Waals surface area contributed by atoms with E-state index >= 15 is 0 Å². The highest BCUT2D eigenvalue weighted by Gasteiger charge is 2.01. The molecule has 0 unspecified atom stereocenters. The third-order valence-corrected chi connectivity index (χ3v) is 2.37. The molecule has 0 saturated carbocycles. The predicted octanol–water partition coefficient (Wildman–Crippen LogP) is 2.73. The lowest BCUT2D eigenvalue weighted by Gasteiger charge is -2.07. The number of hydrogen-bond donors (Lipinski definition) is 1. The lowest BCUT2D eigenvalue weighted by Crippen LogP contribution is -2.12. The molecule has 0 heterocycles. The average molecular weight is 212 g/mol. The van der Waals surface area contributed by atoms with E-state index < -0.39 is 0 Å². The number of halogens is 1. The molecule has 0 spiro atoms. The second kappa shape index (κ2) is 5.01. The highest BCUT2D eigenvalue weighted by Crippen LogP contribution is 2.15. The fraction of sp³-hybridized carbons (Fsp3) is 0.364. The van der Waals surface area contributed by atoms with Crippen LogP contribution in [-0.4, -0.2) is 11.8 Å². The van der Waals surface area contributed by atoms with Gasteiger partial charge in [0, 0.05) is 5.69 Å². The predicted molar refractivity (Wildman–Crippen MR) is 59.9 cm³/mol. The zero-order valence-electron chi connectivity index (χ0n) is 8.43. The Kier molecular flexibility index (Phi) is 3.96. The van der Waals surface area contributed by atoms with E-state index in [0.717, 1.165) is 12.1 Å². The normalized spacial score (nSPS) is 9.93. The number of rotatable bonds is 3. The van der Waals surface area contributed by atoms with Gasteiger partial charge in [-0.25, -0.2) is 0 Å².